The molecule has 3 heterocycles. The van der Waals surface area contributed by atoms with Crippen molar-refractivity contribution in [3.05, 3.63) is 29.3 Å². The molecule has 1 aromatic rings. The highest BCUT2D eigenvalue weighted by Gasteiger charge is 2.51. The number of aromatic nitrogens is 1. The van der Waals surface area contributed by atoms with Crippen molar-refractivity contribution in [2.75, 3.05) is 0 Å². The van der Waals surface area contributed by atoms with Gasteiger partial charge >= 0.3 is 0 Å². The molecule has 1 aromatic heterocycles. The van der Waals surface area contributed by atoms with Crippen molar-refractivity contribution in [2.24, 2.45) is 0 Å². The molecule has 1 N–H and O–H groups in total. The monoisotopic (exact) mass is 299 g/mol. The van der Waals surface area contributed by atoms with E-state index in [1.54, 1.807) is 6.92 Å². The van der Waals surface area contributed by atoms with E-state index in [1.807, 2.05) is 0 Å². The van der Waals surface area contributed by atoms with Crippen molar-refractivity contribution in [1.29, 1.82) is 0 Å². The SMILES string of the molecule is Cc1nc(C2(O)CC3CCCC(C2)S3(=O)=O)ccc1F. The average Bonchev–Trinajstić information content (AvgIpc) is 2.35. The Hall–Kier alpha value is -1.01. The minimum Gasteiger partial charge on any atom is -0.383 e. The minimum absolute atomic E-state index is 0.171. The van der Waals surface area contributed by atoms with Gasteiger partial charge in [-0.05, 0) is 44.7 Å². The predicted octanol–water partition coefficient (Wildman–Crippen LogP) is 1.85. The zero-order chi connectivity index (χ0) is 14.5. The maximum absolute atomic E-state index is 13.3. The Labute approximate surface area is 118 Å². The molecule has 2 aliphatic heterocycles. The van der Waals surface area contributed by atoms with Crippen LogP contribution in [0, 0.1) is 12.7 Å². The van der Waals surface area contributed by atoms with Gasteiger partial charge in [-0.1, -0.05) is 6.42 Å². The molecule has 2 aliphatic rings. The van der Waals surface area contributed by atoms with E-state index >= 15 is 0 Å². The molecule has 0 radical (unpaired) electrons. The number of hydrogen-bond acceptors (Lipinski definition) is 4. The zero-order valence-electron chi connectivity index (χ0n) is 11.3. The summed E-state index contributed by atoms with van der Waals surface area (Å²) in [5.41, 5.74) is -0.628. The fourth-order valence-electron chi connectivity index (χ4n) is 3.46. The van der Waals surface area contributed by atoms with E-state index < -0.39 is 31.8 Å². The number of aryl methyl sites for hydroxylation is 1. The van der Waals surface area contributed by atoms with Crippen LogP contribution in [0.25, 0.3) is 0 Å². The highest BCUT2D eigenvalue weighted by molar-refractivity contribution is 7.92. The Morgan fingerprint density at radius 2 is 1.90 bits per heavy atom. The Morgan fingerprint density at radius 3 is 2.45 bits per heavy atom. The highest BCUT2D eigenvalue weighted by atomic mass is 32.2. The molecule has 0 spiro atoms. The highest BCUT2D eigenvalue weighted by Crippen LogP contribution is 2.45. The molecular formula is C14H18FNO3S. The number of pyridine rings is 1. The molecule has 2 atom stereocenters. The van der Waals surface area contributed by atoms with Gasteiger partial charge in [0.05, 0.1) is 21.9 Å². The molecule has 3 rings (SSSR count). The van der Waals surface area contributed by atoms with Crippen LogP contribution in [0.15, 0.2) is 12.1 Å². The molecule has 0 saturated carbocycles. The van der Waals surface area contributed by atoms with E-state index in [0.717, 1.165) is 6.42 Å². The number of aliphatic hydroxyl groups is 1. The lowest BCUT2D eigenvalue weighted by Crippen LogP contribution is -2.50. The second kappa shape index (κ2) is 4.49. The van der Waals surface area contributed by atoms with Crippen molar-refractivity contribution in [1.82, 2.24) is 4.98 Å². The van der Waals surface area contributed by atoms with E-state index in [4.69, 9.17) is 0 Å². The van der Waals surface area contributed by atoms with Crippen LogP contribution in [0.3, 0.4) is 0 Å². The molecule has 0 amide bonds. The first-order valence-electron chi connectivity index (χ1n) is 6.92. The lowest BCUT2D eigenvalue weighted by Gasteiger charge is -2.43. The van der Waals surface area contributed by atoms with Gasteiger partial charge in [-0.25, -0.2) is 12.8 Å². The summed E-state index contributed by atoms with van der Waals surface area (Å²) < 4.78 is 37.8. The third-order valence-corrected chi connectivity index (χ3v) is 7.27. The van der Waals surface area contributed by atoms with Crippen LogP contribution in [0.2, 0.25) is 0 Å². The standard InChI is InChI=1S/C14H18FNO3S/c1-9-12(15)5-6-13(16-9)14(17)7-10-3-2-4-11(8-14)20(10,18)19/h5-6,10-11,17H,2-4,7-8H2,1H3. The third kappa shape index (κ3) is 2.05. The van der Waals surface area contributed by atoms with Crippen LogP contribution in [0.1, 0.15) is 43.5 Å². The van der Waals surface area contributed by atoms with Crippen molar-refractivity contribution in [2.45, 2.75) is 55.1 Å². The summed E-state index contributed by atoms with van der Waals surface area (Å²) in [6.07, 6.45) is 2.43. The van der Waals surface area contributed by atoms with Crippen LogP contribution in [0.4, 0.5) is 4.39 Å². The van der Waals surface area contributed by atoms with Crippen molar-refractivity contribution >= 4 is 9.84 Å². The van der Waals surface area contributed by atoms with E-state index in [0.29, 0.717) is 18.5 Å². The van der Waals surface area contributed by atoms with E-state index in [-0.39, 0.29) is 18.5 Å². The largest absolute Gasteiger partial charge is 0.383 e. The first-order chi connectivity index (χ1) is 9.33. The zero-order valence-corrected chi connectivity index (χ0v) is 12.2. The molecule has 2 bridgehead atoms. The van der Waals surface area contributed by atoms with Crippen LogP contribution < -0.4 is 0 Å². The molecular weight excluding hydrogens is 281 g/mol. The van der Waals surface area contributed by atoms with Crippen LogP contribution in [-0.4, -0.2) is 29.0 Å². The molecule has 2 fully saturated rings. The molecule has 110 valence electrons. The van der Waals surface area contributed by atoms with Crippen molar-refractivity contribution in [3.8, 4) is 0 Å². The molecule has 20 heavy (non-hydrogen) atoms. The van der Waals surface area contributed by atoms with Crippen molar-refractivity contribution in [3.63, 3.8) is 0 Å². The van der Waals surface area contributed by atoms with Gasteiger partial charge in [0.25, 0.3) is 0 Å². The smallest absolute Gasteiger partial charge is 0.156 e. The summed E-state index contributed by atoms with van der Waals surface area (Å²) in [6, 6.07) is 2.75. The van der Waals surface area contributed by atoms with Gasteiger partial charge in [-0.15, -0.1) is 0 Å². The number of nitrogens with zero attached hydrogens (tertiary/aromatic N) is 1. The molecule has 6 heteroatoms. The van der Waals surface area contributed by atoms with Gasteiger partial charge in [0.2, 0.25) is 0 Å². The van der Waals surface area contributed by atoms with Gasteiger partial charge in [0, 0.05) is 0 Å². The normalized spacial score (nSPS) is 35.8. The number of rotatable bonds is 1. The fraction of sp³-hybridized carbons (Fsp3) is 0.643. The van der Waals surface area contributed by atoms with Gasteiger partial charge < -0.3 is 5.11 Å². The molecule has 4 nitrogen and oxygen atoms in total. The van der Waals surface area contributed by atoms with E-state index in [2.05, 4.69) is 4.98 Å². The van der Waals surface area contributed by atoms with Crippen LogP contribution in [-0.2, 0) is 15.4 Å². The van der Waals surface area contributed by atoms with E-state index in [9.17, 15) is 17.9 Å². The predicted molar refractivity (Wildman–Crippen MR) is 72.4 cm³/mol. The first-order valence-corrected chi connectivity index (χ1v) is 8.52. The summed E-state index contributed by atoms with van der Waals surface area (Å²) in [4.78, 5) is 4.12. The lowest BCUT2D eigenvalue weighted by atomic mass is 9.83. The number of halogens is 1. The van der Waals surface area contributed by atoms with Gasteiger partial charge in [-0.3, -0.25) is 4.98 Å². The lowest BCUT2D eigenvalue weighted by molar-refractivity contribution is 0.000764. The topological polar surface area (TPSA) is 67.3 Å². The quantitative estimate of drug-likeness (QED) is 0.859. The molecule has 2 saturated heterocycles. The summed E-state index contributed by atoms with van der Waals surface area (Å²) in [5, 5.41) is 9.86. The van der Waals surface area contributed by atoms with Gasteiger partial charge in [0.1, 0.15) is 11.4 Å². The number of fused-ring (bicyclic) bond motifs is 2. The average molecular weight is 299 g/mol. The maximum Gasteiger partial charge on any atom is 0.156 e. The number of sulfone groups is 1. The second-order valence-corrected chi connectivity index (χ2v) is 8.48. The van der Waals surface area contributed by atoms with Crippen molar-refractivity contribution < 1.29 is 17.9 Å². The van der Waals surface area contributed by atoms with Crippen LogP contribution >= 0.6 is 0 Å². The Morgan fingerprint density at radius 1 is 1.30 bits per heavy atom. The molecule has 0 aromatic carbocycles. The number of hydrogen-bond donors (Lipinski definition) is 1. The Balaban J connectivity index is 1.99. The van der Waals surface area contributed by atoms with E-state index in [1.165, 1.54) is 12.1 Å². The van der Waals surface area contributed by atoms with Gasteiger partial charge in [0.15, 0.2) is 9.84 Å². The summed E-state index contributed by atoms with van der Waals surface area (Å²) in [5.74, 6) is -0.416. The fourth-order valence-corrected chi connectivity index (χ4v) is 6.01. The van der Waals surface area contributed by atoms with Gasteiger partial charge in [-0.2, -0.15) is 0 Å². The molecule has 0 aliphatic carbocycles. The minimum atomic E-state index is -3.12. The Bertz CT molecular complexity index is 624. The third-order valence-electron chi connectivity index (χ3n) is 4.61. The molecule has 2 unspecified atom stereocenters. The second-order valence-electron chi connectivity index (χ2n) is 5.97. The maximum atomic E-state index is 13.3. The Kier molecular flexibility index (Phi) is 3.14. The summed E-state index contributed by atoms with van der Waals surface area (Å²) >= 11 is 0. The summed E-state index contributed by atoms with van der Waals surface area (Å²) in [7, 11) is -3.12. The van der Waals surface area contributed by atoms with Crippen LogP contribution in [0.5, 0.6) is 0 Å². The first kappa shape index (κ1) is 13.9. The summed E-state index contributed by atoms with van der Waals surface area (Å²) in [6.45, 7) is 1.54.